The van der Waals surface area contributed by atoms with Crippen LogP contribution in [0.2, 0.25) is 0 Å². The molecule has 0 atom stereocenters. The second-order valence-corrected chi connectivity index (χ2v) is 5.56. The number of pyridine rings is 2. The third kappa shape index (κ3) is 1.60. The van der Waals surface area contributed by atoms with Crippen molar-refractivity contribution in [1.82, 2.24) is 14.4 Å². The smallest absolute Gasteiger partial charge is 0.146 e. The number of para-hydroxylation sites is 2. The van der Waals surface area contributed by atoms with Crippen LogP contribution in [0.25, 0.3) is 38.4 Å². The van der Waals surface area contributed by atoms with Crippen LogP contribution >= 0.6 is 0 Å². The van der Waals surface area contributed by atoms with Crippen LogP contribution in [0.3, 0.4) is 0 Å². The Morgan fingerprint density at radius 1 is 0.913 bits per heavy atom. The van der Waals surface area contributed by atoms with E-state index in [1.54, 1.807) is 7.11 Å². The molecule has 110 valence electrons. The normalized spacial score (nSPS) is 11.7. The third-order valence-electron chi connectivity index (χ3n) is 4.36. The molecular weight excluding hydrogens is 286 g/mol. The van der Waals surface area contributed by atoms with Crippen molar-refractivity contribution in [2.75, 3.05) is 7.11 Å². The lowest BCUT2D eigenvalue weighted by atomic mass is 10.1. The van der Waals surface area contributed by atoms with Gasteiger partial charge in [0.15, 0.2) is 0 Å². The summed E-state index contributed by atoms with van der Waals surface area (Å²) in [6.45, 7) is 0. The average molecular weight is 299 g/mol. The number of rotatable bonds is 1. The van der Waals surface area contributed by atoms with Gasteiger partial charge in [-0.25, -0.2) is 4.98 Å². The third-order valence-corrected chi connectivity index (χ3v) is 4.36. The molecule has 23 heavy (non-hydrogen) atoms. The number of hydrogen-bond donors (Lipinski definition) is 0. The number of hydrogen-bond acceptors (Lipinski definition) is 3. The quantitative estimate of drug-likeness (QED) is 0.435. The molecule has 3 aromatic heterocycles. The molecule has 5 aromatic rings. The first kappa shape index (κ1) is 12.4. The van der Waals surface area contributed by atoms with Gasteiger partial charge in [-0.05, 0) is 41.8 Å². The Morgan fingerprint density at radius 3 is 2.74 bits per heavy atom. The van der Waals surface area contributed by atoms with E-state index in [1.807, 2.05) is 36.7 Å². The summed E-state index contributed by atoms with van der Waals surface area (Å²) in [6.07, 6.45) is 3.73. The van der Waals surface area contributed by atoms with Gasteiger partial charge in [-0.2, -0.15) is 0 Å². The molecule has 0 aliphatic rings. The van der Waals surface area contributed by atoms with Crippen molar-refractivity contribution in [1.29, 1.82) is 0 Å². The van der Waals surface area contributed by atoms with Crippen LogP contribution < -0.4 is 4.74 Å². The highest BCUT2D eigenvalue weighted by Crippen LogP contribution is 2.33. The number of imidazole rings is 1. The molecule has 2 aromatic carbocycles. The fraction of sp³-hybridized carbons (Fsp3) is 0.0526. The molecule has 3 heterocycles. The first-order valence-corrected chi connectivity index (χ1v) is 7.47. The van der Waals surface area contributed by atoms with Crippen LogP contribution in [0.4, 0.5) is 0 Å². The predicted molar refractivity (Wildman–Crippen MR) is 92.1 cm³/mol. The van der Waals surface area contributed by atoms with Crippen LogP contribution in [0.1, 0.15) is 0 Å². The summed E-state index contributed by atoms with van der Waals surface area (Å²) >= 11 is 0. The lowest BCUT2D eigenvalue weighted by molar-refractivity contribution is 0.415. The molecular formula is C19H13N3O. The van der Waals surface area contributed by atoms with Gasteiger partial charge < -0.3 is 4.74 Å². The maximum Gasteiger partial charge on any atom is 0.146 e. The Morgan fingerprint density at radius 2 is 1.83 bits per heavy atom. The van der Waals surface area contributed by atoms with E-state index in [0.717, 1.165) is 44.1 Å². The largest absolute Gasteiger partial charge is 0.497 e. The fourth-order valence-corrected chi connectivity index (χ4v) is 3.31. The monoisotopic (exact) mass is 299 g/mol. The molecule has 0 saturated heterocycles. The first-order chi connectivity index (χ1) is 11.4. The van der Waals surface area contributed by atoms with Gasteiger partial charge in [-0.15, -0.1) is 0 Å². The van der Waals surface area contributed by atoms with Gasteiger partial charge in [0.1, 0.15) is 11.4 Å². The number of ether oxygens (including phenoxy) is 1. The molecule has 0 N–H and O–H groups in total. The zero-order valence-electron chi connectivity index (χ0n) is 12.5. The van der Waals surface area contributed by atoms with Crippen molar-refractivity contribution >= 4 is 38.4 Å². The van der Waals surface area contributed by atoms with E-state index in [-0.39, 0.29) is 0 Å². The standard InChI is InChI=1S/C19H13N3O/c1-23-12-6-7-13-14-8-9-20-11-18(14)22-17-5-3-2-4-16(17)21-19(22)15(13)10-12/h2-11H,1H3. The second-order valence-electron chi connectivity index (χ2n) is 5.56. The van der Waals surface area contributed by atoms with E-state index in [4.69, 9.17) is 9.72 Å². The minimum Gasteiger partial charge on any atom is -0.497 e. The summed E-state index contributed by atoms with van der Waals surface area (Å²) in [5.41, 5.74) is 4.06. The summed E-state index contributed by atoms with van der Waals surface area (Å²) in [5.74, 6) is 0.833. The Balaban J connectivity index is 2.17. The predicted octanol–water partition coefficient (Wildman–Crippen LogP) is 4.20. The van der Waals surface area contributed by atoms with Crippen molar-refractivity contribution in [2.45, 2.75) is 0 Å². The van der Waals surface area contributed by atoms with Gasteiger partial charge in [0, 0.05) is 17.0 Å². The Bertz CT molecular complexity index is 1210. The molecule has 4 heteroatoms. The van der Waals surface area contributed by atoms with Crippen molar-refractivity contribution < 1.29 is 4.74 Å². The van der Waals surface area contributed by atoms with E-state index >= 15 is 0 Å². The van der Waals surface area contributed by atoms with Crippen molar-refractivity contribution in [3.05, 3.63) is 60.9 Å². The summed E-state index contributed by atoms with van der Waals surface area (Å²) in [6, 6.07) is 16.4. The summed E-state index contributed by atoms with van der Waals surface area (Å²) in [7, 11) is 1.69. The van der Waals surface area contributed by atoms with Gasteiger partial charge in [0.25, 0.3) is 0 Å². The number of fused-ring (bicyclic) bond motifs is 8. The zero-order valence-corrected chi connectivity index (χ0v) is 12.5. The zero-order chi connectivity index (χ0) is 15.4. The Hall–Kier alpha value is -3.14. The highest BCUT2D eigenvalue weighted by molar-refractivity contribution is 6.13. The molecule has 4 nitrogen and oxygen atoms in total. The average Bonchev–Trinajstić information content (AvgIpc) is 3.01. The summed E-state index contributed by atoms with van der Waals surface area (Å²) in [5, 5.41) is 3.40. The van der Waals surface area contributed by atoms with Crippen LogP contribution in [0.15, 0.2) is 60.9 Å². The Labute approximate surface area is 132 Å². The van der Waals surface area contributed by atoms with Crippen LogP contribution in [0.5, 0.6) is 5.75 Å². The topological polar surface area (TPSA) is 39.4 Å². The minimum atomic E-state index is 0.833. The van der Waals surface area contributed by atoms with Gasteiger partial charge in [0.2, 0.25) is 0 Å². The number of aromatic nitrogens is 3. The lowest BCUT2D eigenvalue weighted by Crippen LogP contribution is -1.93. The van der Waals surface area contributed by atoms with Crippen LogP contribution in [-0.4, -0.2) is 21.5 Å². The van der Waals surface area contributed by atoms with E-state index in [2.05, 4.69) is 33.7 Å². The van der Waals surface area contributed by atoms with Gasteiger partial charge >= 0.3 is 0 Å². The van der Waals surface area contributed by atoms with Gasteiger partial charge in [0.05, 0.1) is 29.9 Å². The first-order valence-electron chi connectivity index (χ1n) is 7.47. The maximum absolute atomic E-state index is 5.41. The van der Waals surface area contributed by atoms with E-state index in [1.165, 1.54) is 0 Å². The maximum atomic E-state index is 5.41. The highest BCUT2D eigenvalue weighted by atomic mass is 16.5. The lowest BCUT2D eigenvalue weighted by Gasteiger charge is -2.09. The molecule has 5 rings (SSSR count). The summed E-state index contributed by atoms with van der Waals surface area (Å²) in [4.78, 5) is 9.17. The SMILES string of the molecule is COc1ccc2c3ccncc3n3c4ccccc4nc3c2c1. The molecule has 0 unspecified atom stereocenters. The van der Waals surface area contributed by atoms with Gasteiger partial charge in [-0.3, -0.25) is 9.38 Å². The molecule has 0 radical (unpaired) electrons. The molecule has 0 bridgehead atoms. The molecule has 0 fully saturated rings. The fourth-order valence-electron chi connectivity index (χ4n) is 3.31. The molecule has 0 aliphatic carbocycles. The van der Waals surface area contributed by atoms with E-state index in [0.29, 0.717) is 0 Å². The number of benzene rings is 2. The van der Waals surface area contributed by atoms with Crippen LogP contribution in [0, 0.1) is 0 Å². The highest BCUT2D eigenvalue weighted by Gasteiger charge is 2.13. The molecule has 0 spiro atoms. The minimum absolute atomic E-state index is 0.833. The number of methoxy groups -OCH3 is 1. The second kappa shape index (κ2) is 4.43. The van der Waals surface area contributed by atoms with Crippen molar-refractivity contribution in [3.8, 4) is 5.75 Å². The summed E-state index contributed by atoms with van der Waals surface area (Å²) < 4.78 is 7.59. The van der Waals surface area contributed by atoms with Crippen molar-refractivity contribution in [2.24, 2.45) is 0 Å². The van der Waals surface area contributed by atoms with Gasteiger partial charge in [-0.1, -0.05) is 12.1 Å². The molecule has 0 amide bonds. The molecule has 0 saturated carbocycles. The van der Waals surface area contributed by atoms with Crippen molar-refractivity contribution in [3.63, 3.8) is 0 Å². The van der Waals surface area contributed by atoms with E-state index < -0.39 is 0 Å². The molecule has 0 aliphatic heterocycles. The van der Waals surface area contributed by atoms with Crippen LogP contribution in [-0.2, 0) is 0 Å². The Kier molecular flexibility index (Phi) is 2.39. The number of nitrogens with zero attached hydrogens (tertiary/aromatic N) is 3. The van der Waals surface area contributed by atoms with E-state index in [9.17, 15) is 0 Å².